The average molecular weight is 244 g/mol. The molecule has 2 aromatic carbocycles. The van der Waals surface area contributed by atoms with Gasteiger partial charge in [-0.05, 0) is 36.4 Å². The van der Waals surface area contributed by atoms with Crippen LogP contribution in [-0.4, -0.2) is 13.5 Å². The van der Waals surface area contributed by atoms with Gasteiger partial charge in [-0.3, -0.25) is 4.79 Å². The van der Waals surface area contributed by atoms with Crippen LogP contribution in [0.4, 0.5) is 5.69 Å². The highest BCUT2D eigenvalue weighted by Crippen LogP contribution is 2.21. The van der Waals surface area contributed by atoms with Crippen LogP contribution in [0.5, 0.6) is 11.5 Å². The second-order valence-corrected chi connectivity index (χ2v) is 3.39. The molecule has 18 heavy (non-hydrogen) atoms. The number of benzene rings is 2. The molecule has 0 heterocycles. The number of nitrogens with one attached hydrogen (secondary N) is 1. The van der Waals surface area contributed by atoms with Crippen molar-refractivity contribution in [3.63, 3.8) is 0 Å². The lowest BCUT2D eigenvalue weighted by atomic mass is 10.3. The fraction of sp³-hybridized carbons (Fsp3) is 0.0714. The van der Waals surface area contributed by atoms with E-state index in [0.717, 1.165) is 17.2 Å². The Hall–Kier alpha value is -2.49. The number of anilines is 1. The number of nitrogens with two attached hydrogens (primary N) is 1. The summed E-state index contributed by atoms with van der Waals surface area (Å²) in [5.41, 5.74) is 6.31. The van der Waals surface area contributed by atoms with Crippen LogP contribution >= 0.6 is 0 Å². The molecule has 0 bridgehead atoms. The predicted octanol–water partition coefficient (Wildman–Crippen LogP) is 2.42. The van der Waals surface area contributed by atoms with Crippen molar-refractivity contribution in [3.8, 4) is 11.5 Å². The molecule has 3 N–H and O–H groups in total. The molecule has 0 saturated carbocycles. The van der Waals surface area contributed by atoms with Crippen LogP contribution in [-0.2, 0) is 4.79 Å². The standard InChI is InChI=1S/C12H11NO.C2H5NO/c13-10-6-8-12(9-7-10)14-11-4-2-1-3-5-11;1-3-2-4/h1-9H,13H2;2H,1H3,(H,3,4). The summed E-state index contributed by atoms with van der Waals surface area (Å²) in [5.74, 6) is 1.63. The Kier molecular flexibility index (Phi) is 5.83. The number of carbonyl (C=O) groups is 1. The van der Waals surface area contributed by atoms with Gasteiger partial charge in [0.05, 0.1) is 0 Å². The summed E-state index contributed by atoms with van der Waals surface area (Å²) >= 11 is 0. The van der Waals surface area contributed by atoms with Gasteiger partial charge in [0, 0.05) is 12.7 Å². The zero-order chi connectivity index (χ0) is 13.2. The molecule has 0 saturated heterocycles. The maximum absolute atomic E-state index is 9.06. The largest absolute Gasteiger partial charge is 0.457 e. The van der Waals surface area contributed by atoms with Crippen LogP contribution in [0.25, 0.3) is 0 Å². The maximum Gasteiger partial charge on any atom is 0.206 e. The van der Waals surface area contributed by atoms with E-state index in [-0.39, 0.29) is 0 Å². The average Bonchev–Trinajstić information content (AvgIpc) is 2.43. The summed E-state index contributed by atoms with van der Waals surface area (Å²) < 4.78 is 5.58. The monoisotopic (exact) mass is 244 g/mol. The maximum atomic E-state index is 9.06. The highest BCUT2D eigenvalue weighted by molar-refractivity contribution is 5.45. The molecule has 2 aromatic rings. The molecule has 0 unspecified atom stereocenters. The minimum atomic E-state index is 0.625. The molecule has 0 spiro atoms. The van der Waals surface area contributed by atoms with E-state index < -0.39 is 0 Å². The third-order valence-electron chi connectivity index (χ3n) is 1.98. The minimum Gasteiger partial charge on any atom is -0.457 e. The molecular weight excluding hydrogens is 228 g/mol. The Bertz CT molecular complexity index is 455. The van der Waals surface area contributed by atoms with Crippen molar-refractivity contribution in [1.29, 1.82) is 0 Å². The van der Waals surface area contributed by atoms with Crippen molar-refractivity contribution in [2.75, 3.05) is 12.8 Å². The topological polar surface area (TPSA) is 64.4 Å². The fourth-order valence-electron chi connectivity index (χ4n) is 1.16. The summed E-state index contributed by atoms with van der Waals surface area (Å²) in [7, 11) is 1.56. The summed E-state index contributed by atoms with van der Waals surface area (Å²) in [6, 6.07) is 17.0. The van der Waals surface area contributed by atoms with E-state index in [1.807, 2.05) is 54.6 Å². The number of para-hydroxylation sites is 1. The zero-order valence-electron chi connectivity index (χ0n) is 10.2. The molecule has 0 aliphatic rings. The molecule has 94 valence electrons. The van der Waals surface area contributed by atoms with Gasteiger partial charge in [-0.2, -0.15) is 0 Å². The number of carbonyl (C=O) groups excluding carboxylic acids is 1. The quantitative estimate of drug-likeness (QED) is 0.643. The van der Waals surface area contributed by atoms with Gasteiger partial charge in [-0.1, -0.05) is 18.2 Å². The highest BCUT2D eigenvalue weighted by atomic mass is 16.5. The predicted molar refractivity (Wildman–Crippen MR) is 72.5 cm³/mol. The number of ether oxygens (including phenoxy) is 1. The molecule has 0 aromatic heterocycles. The lowest BCUT2D eigenvalue weighted by molar-refractivity contribution is -0.109. The Morgan fingerprint density at radius 2 is 1.50 bits per heavy atom. The van der Waals surface area contributed by atoms with Crippen molar-refractivity contribution in [2.45, 2.75) is 0 Å². The number of rotatable bonds is 3. The number of hydrogen-bond acceptors (Lipinski definition) is 3. The highest BCUT2D eigenvalue weighted by Gasteiger charge is 1.94. The third kappa shape index (κ3) is 5.03. The first-order valence-electron chi connectivity index (χ1n) is 5.45. The second-order valence-electron chi connectivity index (χ2n) is 3.39. The Labute approximate surface area is 106 Å². The number of hydrogen-bond donors (Lipinski definition) is 2. The first kappa shape index (κ1) is 13.6. The first-order chi connectivity index (χ1) is 8.76. The molecule has 1 amide bonds. The third-order valence-corrected chi connectivity index (χ3v) is 1.98. The number of amides is 1. The van der Waals surface area contributed by atoms with Gasteiger partial charge in [0.2, 0.25) is 6.41 Å². The van der Waals surface area contributed by atoms with E-state index in [1.54, 1.807) is 7.05 Å². The van der Waals surface area contributed by atoms with Crippen LogP contribution in [0.2, 0.25) is 0 Å². The normalized spacial score (nSPS) is 8.72. The Balaban J connectivity index is 0.000000357. The minimum absolute atomic E-state index is 0.625. The summed E-state index contributed by atoms with van der Waals surface area (Å²) in [5, 5.41) is 2.25. The smallest absolute Gasteiger partial charge is 0.206 e. The van der Waals surface area contributed by atoms with Crippen LogP contribution in [0.3, 0.4) is 0 Å². The van der Waals surface area contributed by atoms with Crippen molar-refractivity contribution in [1.82, 2.24) is 5.32 Å². The summed E-state index contributed by atoms with van der Waals surface area (Å²) in [6.45, 7) is 0. The van der Waals surface area contributed by atoms with Crippen molar-refractivity contribution < 1.29 is 9.53 Å². The SMILES string of the molecule is CNC=O.Nc1ccc(Oc2ccccc2)cc1. The van der Waals surface area contributed by atoms with E-state index in [9.17, 15) is 0 Å². The fourth-order valence-corrected chi connectivity index (χ4v) is 1.16. The van der Waals surface area contributed by atoms with Crippen LogP contribution in [0, 0.1) is 0 Å². The molecular formula is C14H16N2O2. The van der Waals surface area contributed by atoms with Crippen molar-refractivity contribution in [3.05, 3.63) is 54.6 Å². The molecule has 0 radical (unpaired) electrons. The van der Waals surface area contributed by atoms with E-state index in [2.05, 4.69) is 5.32 Å². The molecule has 0 aliphatic carbocycles. The number of nitrogen functional groups attached to an aromatic ring is 1. The lowest BCUT2D eigenvalue weighted by Gasteiger charge is -2.04. The molecule has 4 nitrogen and oxygen atoms in total. The van der Waals surface area contributed by atoms with E-state index in [1.165, 1.54) is 0 Å². The van der Waals surface area contributed by atoms with Crippen molar-refractivity contribution in [2.24, 2.45) is 0 Å². The van der Waals surface area contributed by atoms with Gasteiger partial charge < -0.3 is 15.8 Å². The van der Waals surface area contributed by atoms with Crippen LogP contribution in [0.1, 0.15) is 0 Å². The van der Waals surface area contributed by atoms with Gasteiger partial charge in [0.1, 0.15) is 11.5 Å². The second kappa shape index (κ2) is 7.73. The Morgan fingerprint density at radius 3 is 2.00 bits per heavy atom. The summed E-state index contributed by atoms with van der Waals surface area (Å²) in [6.07, 6.45) is 0.625. The van der Waals surface area contributed by atoms with Gasteiger partial charge in [-0.15, -0.1) is 0 Å². The molecule has 0 fully saturated rings. The van der Waals surface area contributed by atoms with E-state index in [0.29, 0.717) is 6.41 Å². The summed E-state index contributed by atoms with van der Waals surface area (Å²) in [4.78, 5) is 9.06. The molecule has 0 atom stereocenters. The first-order valence-corrected chi connectivity index (χ1v) is 5.45. The van der Waals surface area contributed by atoms with Gasteiger partial charge >= 0.3 is 0 Å². The van der Waals surface area contributed by atoms with Gasteiger partial charge in [-0.25, -0.2) is 0 Å². The zero-order valence-corrected chi connectivity index (χ0v) is 10.2. The Morgan fingerprint density at radius 1 is 1.00 bits per heavy atom. The molecule has 2 rings (SSSR count). The van der Waals surface area contributed by atoms with E-state index >= 15 is 0 Å². The molecule has 0 aliphatic heterocycles. The van der Waals surface area contributed by atoms with Gasteiger partial charge in [0.15, 0.2) is 0 Å². The van der Waals surface area contributed by atoms with Gasteiger partial charge in [0.25, 0.3) is 0 Å². The molecule has 4 heteroatoms. The van der Waals surface area contributed by atoms with Crippen molar-refractivity contribution >= 4 is 12.1 Å². The lowest BCUT2D eigenvalue weighted by Crippen LogP contribution is -1.98. The van der Waals surface area contributed by atoms with Crippen LogP contribution in [0.15, 0.2) is 54.6 Å². The van der Waals surface area contributed by atoms with Crippen LogP contribution < -0.4 is 15.8 Å². The van der Waals surface area contributed by atoms with E-state index in [4.69, 9.17) is 15.3 Å².